The molecule has 2 N–H and O–H groups in total. The normalized spacial score (nSPS) is 12.9. The van der Waals surface area contributed by atoms with Crippen LogP contribution in [0.5, 0.6) is 0 Å². The van der Waals surface area contributed by atoms with Crippen molar-refractivity contribution >= 4 is 52.4 Å². The summed E-state index contributed by atoms with van der Waals surface area (Å²) >= 11 is 0. The van der Waals surface area contributed by atoms with Gasteiger partial charge < -0.3 is 14.7 Å². The second kappa shape index (κ2) is 7.61. The maximum Gasteiger partial charge on any atom is 0.0659 e. The molecule has 5 nitrogen and oxygen atoms in total. The van der Waals surface area contributed by atoms with E-state index in [1.54, 1.807) is 7.11 Å². The van der Waals surface area contributed by atoms with Crippen LogP contribution in [-0.4, -0.2) is 33.7 Å². The van der Waals surface area contributed by atoms with Gasteiger partial charge in [0.15, 0.2) is 0 Å². The molecular formula is C25H22N4O. The molecule has 5 rings (SSSR count). The van der Waals surface area contributed by atoms with Crippen molar-refractivity contribution in [2.75, 3.05) is 13.7 Å². The Morgan fingerprint density at radius 3 is 2.27 bits per heavy atom. The van der Waals surface area contributed by atoms with E-state index in [-0.39, 0.29) is 0 Å². The molecule has 3 aromatic heterocycles. The van der Waals surface area contributed by atoms with E-state index in [0.717, 1.165) is 56.0 Å². The minimum atomic E-state index is 0.463. The zero-order valence-electron chi connectivity index (χ0n) is 17.7. The van der Waals surface area contributed by atoms with Gasteiger partial charge in [-0.25, -0.2) is 9.97 Å². The van der Waals surface area contributed by atoms with Crippen LogP contribution in [0.15, 0.2) is 43.0 Å². The van der Waals surface area contributed by atoms with Gasteiger partial charge in [0.2, 0.25) is 0 Å². The number of hydrogen-bond donors (Lipinski definition) is 2. The fraction of sp³-hybridized carbons (Fsp3) is 0.120. The zero-order valence-corrected chi connectivity index (χ0v) is 16.7. The van der Waals surface area contributed by atoms with Crippen LogP contribution in [0.2, 0.25) is 0 Å². The quantitative estimate of drug-likeness (QED) is 0.423. The molecule has 2 aliphatic heterocycles. The minimum Gasteiger partial charge on any atom is -0.384 e. The van der Waals surface area contributed by atoms with E-state index in [1.807, 2.05) is 60.7 Å². The van der Waals surface area contributed by atoms with Crippen molar-refractivity contribution < 1.29 is 6.11 Å². The summed E-state index contributed by atoms with van der Waals surface area (Å²) in [5, 5.41) is 0. The highest BCUT2D eigenvalue weighted by atomic mass is 16.5. The second-order valence-corrected chi connectivity index (χ2v) is 7.26. The van der Waals surface area contributed by atoms with Crippen LogP contribution in [0.1, 0.15) is 35.3 Å². The molecule has 30 heavy (non-hydrogen) atoms. The van der Waals surface area contributed by atoms with Gasteiger partial charge >= 0.3 is 0 Å². The molecule has 0 fully saturated rings. The van der Waals surface area contributed by atoms with Crippen molar-refractivity contribution in [3.05, 3.63) is 76.9 Å². The van der Waals surface area contributed by atoms with Crippen molar-refractivity contribution in [2.24, 2.45) is 0 Å². The molecule has 0 aliphatic carbocycles. The molecule has 0 saturated heterocycles. The third-order valence-electron chi connectivity index (χ3n) is 5.10. The standard InChI is InChI=1S/C25H22N4O/c1-3-16-10-23-15-25-17(8-9-30-2)11-22(28-25)13-20-5-4-18(26-20)12-19-6-7-21(27-19)14-24(16)29-23/h3-7,10-15,28-29H,1,8-9H2,2H3/i11D. The Balaban J connectivity index is 1.87. The molecule has 3 aromatic rings. The number of H-pyrrole nitrogens is 2. The van der Waals surface area contributed by atoms with Gasteiger partial charge in [-0.15, -0.1) is 0 Å². The summed E-state index contributed by atoms with van der Waals surface area (Å²) in [7, 11) is 1.67. The monoisotopic (exact) mass is 395 g/mol. The van der Waals surface area contributed by atoms with Crippen LogP contribution in [-0.2, 0) is 11.2 Å². The summed E-state index contributed by atoms with van der Waals surface area (Å²) in [6.45, 7) is 4.49. The number of nitrogens with one attached hydrogen (secondary N) is 2. The maximum atomic E-state index is 8.71. The minimum absolute atomic E-state index is 0.463. The van der Waals surface area contributed by atoms with Crippen molar-refractivity contribution in [3.8, 4) is 0 Å². The predicted molar refractivity (Wildman–Crippen MR) is 125 cm³/mol. The van der Waals surface area contributed by atoms with Gasteiger partial charge in [0.25, 0.3) is 0 Å². The Morgan fingerprint density at radius 1 is 0.900 bits per heavy atom. The van der Waals surface area contributed by atoms with Gasteiger partial charge in [-0.05, 0) is 78.2 Å². The Hall–Kier alpha value is -3.70. The van der Waals surface area contributed by atoms with Gasteiger partial charge in [-0.3, -0.25) is 0 Å². The van der Waals surface area contributed by atoms with Crippen LogP contribution in [0, 0.1) is 0 Å². The molecule has 0 radical (unpaired) electrons. The van der Waals surface area contributed by atoms with Crippen LogP contribution in [0.4, 0.5) is 0 Å². The number of fused-ring (bicyclic) bond motifs is 8. The summed E-state index contributed by atoms with van der Waals surface area (Å²) in [6, 6.07) is 10.4. The maximum absolute atomic E-state index is 8.71. The summed E-state index contributed by atoms with van der Waals surface area (Å²) < 4.78 is 14.0. The largest absolute Gasteiger partial charge is 0.384 e. The predicted octanol–water partition coefficient (Wildman–Crippen LogP) is 5.49. The summed E-state index contributed by atoms with van der Waals surface area (Å²) in [5.41, 5.74) is 8.74. The van der Waals surface area contributed by atoms with Crippen LogP contribution in [0.25, 0.3) is 52.4 Å². The number of rotatable bonds is 4. The van der Waals surface area contributed by atoms with Gasteiger partial charge in [0.1, 0.15) is 0 Å². The Morgan fingerprint density at radius 2 is 1.57 bits per heavy atom. The third-order valence-corrected chi connectivity index (χ3v) is 5.10. The number of methoxy groups -OCH3 is 1. The van der Waals surface area contributed by atoms with E-state index in [1.165, 1.54) is 0 Å². The fourth-order valence-electron chi connectivity index (χ4n) is 3.67. The van der Waals surface area contributed by atoms with Crippen LogP contribution < -0.4 is 0 Å². The molecule has 0 unspecified atom stereocenters. The lowest BCUT2D eigenvalue weighted by molar-refractivity contribution is 0.202. The number of hydrogen-bond acceptors (Lipinski definition) is 3. The van der Waals surface area contributed by atoms with Crippen molar-refractivity contribution in [1.29, 1.82) is 0 Å². The lowest BCUT2D eigenvalue weighted by atomic mass is 10.2. The van der Waals surface area contributed by atoms with E-state index in [4.69, 9.17) is 6.11 Å². The molecule has 0 amide bonds. The highest BCUT2D eigenvalue weighted by Crippen LogP contribution is 2.21. The summed E-state index contributed by atoms with van der Waals surface area (Å²) in [4.78, 5) is 16.2. The molecule has 2 aliphatic rings. The van der Waals surface area contributed by atoms with Crippen molar-refractivity contribution in [2.45, 2.75) is 6.42 Å². The molecule has 0 atom stereocenters. The second-order valence-electron chi connectivity index (χ2n) is 7.26. The molecule has 5 heterocycles. The first-order valence-corrected chi connectivity index (χ1v) is 9.85. The Labute approximate surface area is 175 Å². The fourth-order valence-corrected chi connectivity index (χ4v) is 3.67. The highest BCUT2D eigenvalue weighted by molar-refractivity contribution is 5.81. The molecule has 0 saturated carbocycles. The lowest BCUT2D eigenvalue weighted by Crippen LogP contribution is -1.92. The van der Waals surface area contributed by atoms with Gasteiger partial charge in [-0.1, -0.05) is 12.7 Å². The average Bonchev–Trinajstić information content (AvgIpc) is 3.52. The SMILES string of the molecule is [2H]c1c(CCOC)c2cc3cc(C=C)c(cc4nc(cc5nc(cc1[nH]2)C=C5)C=C4)[nH]3. The molecular weight excluding hydrogens is 372 g/mol. The zero-order chi connectivity index (χ0) is 21.4. The number of ether oxygens (including phenoxy) is 1. The van der Waals surface area contributed by atoms with Crippen molar-refractivity contribution in [1.82, 2.24) is 19.9 Å². The van der Waals surface area contributed by atoms with E-state index in [0.29, 0.717) is 19.1 Å². The average molecular weight is 395 g/mol. The third kappa shape index (κ3) is 3.63. The van der Waals surface area contributed by atoms with Gasteiger partial charge in [0, 0.05) is 29.2 Å². The molecule has 0 spiro atoms. The highest BCUT2D eigenvalue weighted by Gasteiger charge is 2.06. The van der Waals surface area contributed by atoms with E-state index in [9.17, 15) is 0 Å². The van der Waals surface area contributed by atoms with E-state index >= 15 is 0 Å². The van der Waals surface area contributed by atoms with Crippen LogP contribution in [0.3, 0.4) is 0 Å². The van der Waals surface area contributed by atoms with Crippen LogP contribution >= 0.6 is 0 Å². The number of aromatic amines is 2. The first-order chi connectivity index (χ1) is 15.1. The first kappa shape index (κ1) is 17.2. The summed E-state index contributed by atoms with van der Waals surface area (Å²) in [6.07, 6.45) is 10.3. The van der Waals surface area contributed by atoms with Gasteiger partial charge in [-0.2, -0.15) is 0 Å². The molecule has 0 aromatic carbocycles. The Bertz CT molecular complexity index is 1410. The topological polar surface area (TPSA) is 66.6 Å². The van der Waals surface area contributed by atoms with E-state index in [2.05, 4.69) is 26.5 Å². The van der Waals surface area contributed by atoms with Crippen molar-refractivity contribution in [3.63, 3.8) is 0 Å². The smallest absolute Gasteiger partial charge is 0.0659 e. The summed E-state index contributed by atoms with van der Waals surface area (Å²) in [5.74, 6) is 0. The molecule has 5 heteroatoms. The Kier molecular flexibility index (Phi) is 4.36. The first-order valence-electron chi connectivity index (χ1n) is 10.3. The number of aromatic nitrogens is 4. The molecule has 148 valence electrons. The lowest BCUT2D eigenvalue weighted by Gasteiger charge is -1.96. The molecule has 8 bridgehead atoms. The van der Waals surface area contributed by atoms with Gasteiger partial charge in [0.05, 0.1) is 30.8 Å². The number of nitrogens with zero attached hydrogens (tertiary/aromatic N) is 2. The van der Waals surface area contributed by atoms with E-state index < -0.39 is 0 Å².